The quantitative estimate of drug-likeness (QED) is 0.648. The maximum atomic E-state index is 12.6. The van der Waals surface area contributed by atoms with E-state index in [1.807, 2.05) is 32.2 Å². The number of rotatable bonds is 6. The molecule has 2 aromatic carbocycles. The molecule has 1 atom stereocenters. The Hall–Kier alpha value is -2.97. The second kappa shape index (κ2) is 8.37. The second-order valence-corrected chi connectivity index (χ2v) is 7.41. The van der Waals surface area contributed by atoms with Gasteiger partial charge in [-0.05, 0) is 49.7 Å². The molecule has 28 heavy (non-hydrogen) atoms. The Balaban J connectivity index is 1.87. The lowest BCUT2D eigenvalue weighted by Crippen LogP contribution is -2.24. The minimum absolute atomic E-state index is 0.283. The van der Waals surface area contributed by atoms with Gasteiger partial charge >= 0.3 is 0 Å². The van der Waals surface area contributed by atoms with Gasteiger partial charge in [-0.15, -0.1) is 0 Å². The first-order valence-electron chi connectivity index (χ1n) is 8.67. The molecule has 1 aromatic heterocycles. The predicted octanol–water partition coefficient (Wildman–Crippen LogP) is 2.90. The van der Waals surface area contributed by atoms with E-state index in [1.54, 1.807) is 48.3 Å². The number of carbonyl (C=O) groups is 1. The van der Waals surface area contributed by atoms with Crippen LogP contribution < -0.4 is 9.62 Å². The topological polar surface area (TPSA) is 90.3 Å². The van der Waals surface area contributed by atoms with E-state index in [9.17, 15) is 13.6 Å². The number of carbonyl (C=O) groups excluding carboxylic acids is 1. The zero-order chi connectivity index (χ0) is 20.3. The van der Waals surface area contributed by atoms with E-state index in [4.69, 9.17) is 0 Å². The third-order valence-electron chi connectivity index (χ3n) is 4.19. The Morgan fingerprint density at radius 1 is 1.14 bits per heavy atom. The largest absolute Gasteiger partial charge is 0.755 e. The van der Waals surface area contributed by atoms with Gasteiger partial charge < -0.3 is 9.87 Å². The van der Waals surface area contributed by atoms with Crippen LogP contribution in [-0.2, 0) is 24.9 Å². The summed E-state index contributed by atoms with van der Waals surface area (Å²) in [5.74, 6) is -0.283. The van der Waals surface area contributed by atoms with Crippen LogP contribution >= 0.6 is 0 Å². The third kappa shape index (κ3) is 4.65. The number of amides is 1. The normalized spacial score (nSPS) is 11.9. The number of anilines is 2. The molecule has 0 aliphatic heterocycles. The molecule has 1 amide bonds. The molecule has 3 aromatic rings. The molecule has 0 bridgehead atoms. The monoisotopic (exact) mass is 397 g/mol. The molecule has 0 fully saturated rings. The summed E-state index contributed by atoms with van der Waals surface area (Å²) in [5, 5.41) is 6.90. The van der Waals surface area contributed by atoms with Crippen LogP contribution in [0, 0.1) is 13.8 Å². The predicted molar refractivity (Wildman–Crippen MR) is 108 cm³/mol. The van der Waals surface area contributed by atoms with Gasteiger partial charge in [0.2, 0.25) is 0 Å². The van der Waals surface area contributed by atoms with Crippen molar-refractivity contribution >= 4 is 28.5 Å². The SMILES string of the molecule is Cc1ccc(N(c2cc(C)cc(C(=O)NCc3cnn(C)c3)c2)S(=O)[O-])cc1. The van der Waals surface area contributed by atoms with E-state index >= 15 is 0 Å². The van der Waals surface area contributed by atoms with Crippen molar-refractivity contribution in [3.8, 4) is 0 Å². The molecule has 0 aliphatic rings. The van der Waals surface area contributed by atoms with Crippen molar-refractivity contribution in [1.82, 2.24) is 15.1 Å². The summed E-state index contributed by atoms with van der Waals surface area (Å²) in [4.78, 5) is 12.6. The third-order valence-corrected chi connectivity index (χ3v) is 4.91. The highest BCUT2D eigenvalue weighted by atomic mass is 32.2. The van der Waals surface area contributed by atoms with Crippen molar-refractivity contribution in [3.63, 3.8) is 0 Å². The number of hydrogen-bond donors (Lipinski definition) is 1. The van der Waals surface area contributed by atoms with Crippen molar-refractivity contribution in [2.24, 2.45) is 7.05 Å². The van der Waals surface area contributed by atoms with E-state index in [-0.39, 0.29) is 5.91 Å². The smallest absolute Gasteiger partial charge is 0.251 e. The van der Waals surface area contributed by atoms with Gasteiger partial charge in [0, 0.05) is 30.9 Å². The van der Waals surface area contributed by atoms with Crippen molar-refractivity contribution in [2.45, 2.75) is 20.4 Å². The molecule has 146 valence electrons. The lowest BCUT2D eigenvalue weighted by Gasteiger charge is -2.27. The van der Waals surface area contributed by atoms with Crippen LogP contribution in [0.25, 0.3) is 0 Å². The van der Waals surface area contributed by atoms with E-state index in [0.717, 1.165) is 16.7 Å². The van der Waals surface area contributed by atoms with Crippen molar-refractivity contribution in [1.29, 1.82) is 0 Å². The van der Waals surface area contributed by atoms with E-state index in [1.165, 1.54) is 4.31 Å². The summed E-state index contributed by atoms with van der Waals surface area (Å²) in [6.07, 6.45) is 3.50. The first kappa shape index (κ1) is 19.8. The average Bonchev–Trinajstić information content (AvgIpc) is 3.06. The molecule has 0 radical (unpaired) electrons. The molecule has 1 N–H and O–H groups in total. The standard InChI is InChI=1S/C20H22N4O3S/c1-14-4-6-18(7-5-14)24(28(26)27)19-9-15(2)8-17(10-19)20(25)21-11-16-12-22-23(3)13-16/h4-10,12-13H,11H2,1-3H3,(H,21,25)(H,26,27)/p-1. The van der Waals surface area contributed by atoms with Crippen LogP contribution in [0.4, 0.5) is 11.4 Å². The van der Waals surface area contributed by atoms with Crippen LogP contribution in [0.1, 0.15) is 27.0 Å². The molecule has 0 aliphatic carbocycles. The fraction of sp³-hybridized carbons (Fsp3) is 0.200. The molecule has 0 saturated carbocycles. The summed E-state index contributed by atoms with van der Waals surface area (Å²) < 4.78 is 26.6. The molecule has 0 saturated heterocycles. The maximum absolute atomic E-state index is 12.6. The number of benzene rings is 2. The molecule has 3 rings (SSSR count). The summed E-state index contributed by atoms with van der Waals surface area (Å²) in [5.41, 5.74) is 3.99. The summed E-state index contributed by atoms with van der Waals surface area (Å²) >= 11 is -2.53. The Kier molecular flexibility index (Phi) is 5.91. The van der Waals surface area contributed by atoms with Crippen molar-refractivity contribution in [3.05, 3.63) is 77.1 Å². The maximum Gasteiger partial charge on any atom is 0.251 e. The molecule has 8 heteroatoms. The van der Waals surface area contributed by atoms with E-state index in [2.05, 4.69) is 10.4 Å². The second-order valence-electron chi connectivity index (χ2n) is 6.61. The molecular formula is C20H21N4O3S-. The summed E-state index contributed by atoms with van der Waals surface area (Å²) in [7, 11) is 1.81. The highest BCUT2D eigenvalue weighted by Crippen LogP contribution is 2.29. The number of hydrogen-bond acceptors (Lipinski definition) is 4. The first-order valence-corrected chi connectivity index (χ1v) is 9.70. The molecule has 1 heterocycles. The van der Waals surface area contributed by atoms with Gasteiger partial charge in [0.05, 0.1) is 28.8 Å². The van der Waals surface area contributed by atoms with Gasteiger partial charge in [0.1, 0.15) is 0 Å². The molecule has 0 spiro atoms. The first-order chi connectivity index (χ1) is 13.3. The van der Waals surface area contributed by atoms with Crippen LogP contribution in [0.2, 0.25) is 0 Å². The minimum atomic E-state index is -2.53. The Morgan fingerprint density at radius 3 is 2.46 bits per heavy atom. The lowest BCUT2D eigenvalue weighted by atomic mass is 10.1. The van der Waals surface area contributed by atoms with Gasteiger partial charge in [0.25, 0.3) is 5.91 Å². The zero-order valence-corrected chi connectivity index (χ0v) is 16.7. The van der Waals surface area contributed by atoms with Gasteiger partial charge in [-0.3, -0.25) is 18.0 Å². The zero-order valence-electron chi connectivity index (χ0n) is 15.9. The van der Waals surface area contributed by atoms with Crippen LogP contribution in [0.15, 0.2) is 54.9 Å². The van der Waals surface area contributed by atoms with Crippen LogP contribution in [0.5, 0.6) is 0 Å². The summed E-state index contributed by atoms with van der Waals surface area (Å²) in [6.45, 7) is 4.09. The van der Waals surface area contributed by atoms with Crippen molar-refractivity contribution < 1.29 is 13.6 Å². The Morgan fingerprint density at radius 2 is 1.86 bits per heavy atom. The highest BCUT2D eigenvalue weighted by Gasteiger charge is 2.15. The van der Waals surface area contributed by atoms with E-state index < -0.39 is 11.3 Å². The number of nitrogens with one attached hydrogen (secondary N) is 1. The highest BCUT2D eigenvalue weighted by molar-refractivity contribution is 7.81. The van der Waals surface area contributed by atoms with E-state index in [0.29, 0.717) is 23.5 Å². The lowest BCUT2D eigenvalue weighted by molar-refractivity contribution is 0.0951. The minimum Gasteiger partial charge on any atom is -0.755 e. The number of aromatic nitrogens is 2. The van der Waals surface area contributed by atoms with Crippen LogP contribution in [0.3, 0.4) is 0 Å². The molecular weight excluding hydrogens is 376 g/mol. The van der Waals surface area contributed by atoms with Gasteiger partial charge in [0.15, 0.2) is 0 Å². The van der Waals surface area contributed by atoms with Gasteiger partial charge in [-0.25, -0.2) is 0 Å². The van der Waals surface area contributed by atoms with Crippen molar-refractivity contribution in [2.75, 3.05) is 4.31 Å². The molecule has 7 nitrogen and oxygen atoms in total. The fourth-order valence-corrected chi connectivity index (χ4v) is 3.43. The number of aryl methyl sites for hydroxylation is 3. The summed E-state index contributed by atoms with van der Waals surface area (Å²) in [6, 6.07) is 12.2. The van der Waals surface area contributed by atoms with Gasteiger partial charge in [-0.2, -0.15) is 5.10 Å². The number of nitrogens with zero attached hydrogens (tertiary/aromatic N) is 3. The van der Waals surface area contributed by atoms with Crippen LogP contribution in [-0.4, -0.2) is 24.4 Å². The fourth-order valence-electron chi connectivity index (χ4n) is 2.86. The Labute approximate surface area is 166 Å². The molecule has 1 unspecified atom stereocenters. The average molecular weight is 397 g/mol. The Bertz CT molecular complexity index is 1010. The van der Waals surface area contributed by atoms with Gasteiger partial charge in [-0.1, -0.05) is 17.7 Å².